The Labute approximate surface area is 321 Å². The lowest BCUT2D eigenvalue weighted by Crippen LogP contribution is -2.25. The van der Waals surface area contributed by atoms with Crippen LogP contribution in [0.5, 0.6) is 0 Å². The Kier molecular flexibility index (Phi) is 7.11. The largest absolute Gasteiger partial charge is 0.228 e. The van der Waals surface area contributed by atoms with E-state index in [0.717, 1.165) is 39.2 Å². The van der Waals surface area contributed by atoms with Crippen LogP contribution in [0.3, 0.4) is 0 Å². The van der Waals surface area contributed by atoms with E-state index in [-0.39, 0.29) is 5.41 Å². The van der Waals surface area contributed by atoms with Gasteiger partial charge in [0.25, 0.3) is 0 Å². The van der Waals surface area contributed by atoms with Crippen LogP contribution < -0.4 is 0 Å². The van der Waals surface area contributed by atoms with E-state index in [9.17, 15) is 0 Å². The van der Waals surface area contributed by atoms with Crippen LogP contribution >= 0.6 is 0 Å². The number of benzene rings is 8. The average Bonchev–Trinajstić information content (AvgIpc) is 3.75. The van der Waals surface area contributed by atoms with Crippen LogP contribution in [0.25, 0.3) is 78.4 Å². The molecular formula is C53H34N2. The van der Waals surface area contributed by atoms with Crippen molar-refractivity contribution in [2.45, 2.75) is 5.41 Å². The average molecular weight is 699 g/mol. The Hall–Kier alpha value is -7.16. The van der Waals surface area contributed by atoms with Crippen molar-refractivity contribution < 1.29 is 0 Å². The molecule has 8 aromatic carbocycles. The maximum atomic E-state index is 5.27. The molecule has 0 atom stereocenters. The van der Waals surface area contributed by atoms with E-state index in [1.807, 2.05) is 6.07 Å². The van der Waals surface area contributed by atoms with Crippen LogP contribution in [0.4, 0.5) is 0 Å². The molecule has 1 aromatic heterocycles. The number of fused-ring (bicyclic) bond motifs is 10. The molecule has 0 N–H and O–H groups in total. The molecule has 256 valence electrons. The van der Waals surface area contributed by atoms with Crippen LogP contribution in [0.2, 0.25) is 0 Å². The first kappa shape index (κ1) is 31.4. The van der Waals surface area contributed by atoms with Gasteiger partial charge in [-0.3, -0.25) is 0 Å². The molecular weight excluding hydrogens is 665 g/mol. The van der Waals surface area contributed by atoms with Gasteiger partial charge in [-0.2, -0.15) is 0 Å². The molecule has 1 spiro atoms. The van der Waals surface area contributed by atoms with Crippen LogP contribution in [0.1, 0.15) is 22.3 Å². The fraction of sp³-hybridized carbons (Fsp3) is 0.0189. The summed E-state index contributed by atoms with van der Waals surface area (Å²) >= 11 is 0. The number of hydrogen-bond donors (Lipinski definition) is 0. The van der Waals surface area contributed by atoms with Crippen molar-refractivity contribution >= 4 is 0 Å². The van der Waals surface area contributed by atoms with Crippen molar-refractivity contribution in [3.05, 3.63) is 229 Å². The Morgan fingerprint density at radius 3 is 1.40 bits per heavy atom. The van der Waals surface area contributed by atoms with E-state index < -0.39 is 0 Å². The summed E-state index contributed by atoms with van der Waals surface area (Å²) in [5, 5.41) is 0. The lowest BCUT2D eigenvalue weighted by molar-refractivity contribution is 0.794. The SMILES string of the molecule is c1ccc(-c2cccc(-c3cc(-c4ccccc4)nc(-c4cccc(-c5cccc6c5-c5ccccc5C65c6ccccc6-c6ccccc65)c4)n3)c2)cc1. The second-order valence-corrected chi connectivity index (χ2v) is 14.5. The summed E-state index contributed by atoms with van der Waals surface area (Å²) in [6.07, 6.45) is 0. The number of rotatable bonds is 5. The van der Waals surface area contributed by atoms with Crippen LogP contribution in [-0.2, 0) is 5.41 Å². The normalized spacial score (nSPS) is 12.9. The zero-order valence-corrected chi connectivity index (χ0v) is 30.0. The van der Waals surface area contributed by atoms with Gasteiger partial charge >= 0.3 is 0 Å². The topological polar surface area (TPSA) is 25.8 Å². The van der Waals surface area contributed by atoms with Crippen LogP contribution in [-0.4, -0.2) is 9.97 Å². The van der Waals surface area contributed by atoms with Crippen molar-refractivity contribution in [2.24, 2.45) is 0 Å². The molecule has 2 aliphatic carbocycles. The summed E-state index contributed by atoms with van der Waals surface area (Å²) in [6, 6.07) is 74.3. The van der Waals surface area contributed by atoms with Gasteiger partial charge in [0.05, 0.1) is 16.8 Å². The molecule has 0 aliphatic heterocycles. The molecule has 0 saturated carbocycles. The summed E-state index contributed by atoms with van der Waals surface area (Å²) < 4.78 is 0. The first-order valence-corrected chi connectivity index (χ1v) is 18.9. The lowest BCUT2D eigenvalue weighted by atomic mass is 9.70. The Balaban J connectivity index is 1.09. The van der Waals surface area contributed by atoms with Crippen molar-refractivity contribution in [2.75, 3.05) is 0 Å². The Morgan fingerprint density at radius 2 is 0.709 bits per heavy atom. The van der Waals surface area contributed by atoms with Gasteiger partial charge in [0.1, 0.15) is 0 Å². The minimum absolute atomic E-state index is 0.386. The maximum Gasteiger partial charge on any atom is 0.160 e. The fourth-order valence-corrected chi connectivity index (χ4v) is 9.18. The van der Waals surface area contributed by atoms with E-state index >= 15 is 0 Å². The van der Waals surface area contributed by atoms with Gasteiger partial charge in [-0.1, -0.05) is 188 Å². The highest BCUT2D eigenvalue weighted by Gasteiger charge is 2.51. The molecule has 55 heavy (non-hydrogen) atoms. The Morgan fingerprint density at radius 1 is 0.273 bits per heavy atom. The van der Waals surface area contributed by atoms with Gasteiger partial charge in [0, 0.05) is 16.7 Å². The Bertz CT molecular complexity index is 2880. The molecule has 0 fully saturated rings. The predicted molar refractivity (Wildman–Crippen MR) is 226 cm³/mol. The first-order valence-electron chi connectivity index (χ1n) is 18.9. The fourth-order valence-electron chi connectivity index (χ4n) is 9.18. The zero-order chi connectivity index (χ0) is 36.3. The minimum Gasteiger partial charge on any atom is -0.228 e. The molecule has 0 bridgehead atoms. The molecule has 1 heterocycles. The predicted octanol–water partition coefficient (Wildman–Crippen LogP) is 13.2. The van der Waals surface area contributed by atoms with Crippen molar-refractivity contribution in [3.8, 4) is 78.4 Å². The minimum atomic E-state index is -0.386. The summed E-state index contributed by atoms with van der Waals surface area (Å²) in [5.41, 5.74) is 19.7. The van der Waals surface area contributed by atoms with Gasteiger partial charge < -0.3 is 0 Å². The molecule has 9 aromatic rings. The van der Waals surface area contributed by atoms with E-state index in [2.05, 4.69) is 200 Å². The zero-order valence-electron chi connectivity index (χ0n) is 30.0. The van der Waals surface area contributed by atoms with Gasteiger partial charge in [0.2, 0.25) is 0 Å². The molecule has 0 amide bonds. The summed E-state index contributed by atoms with van der Waals surface area (Å²) in [4.78, 5) is 10.5. The quantitative estimate of drug-likeness (QED) is 0.179. The molecule has 11 rings (SSSR count). The lowest BCUT2D eigenvalue weighted by Gasteiger charge is -2.30. The third-order valence-electron chi connectivity index (χ3n) is 11.5. The van der Waals surface area contributed by atoms with E-state index in [4.69, 9.17) is 9.97 Å². The number of nitrogens with zero attached hydrogens (tertiary/aromatic N) is 2. The molecule has 2 aliphatic rings. The monoisotopic (exact) mass is 698 g/mol. The van der Waals surface area contributed by atoms with Crippen LogP contribution in [0.15, 0.2) is 206 Å². The van der Waals surface area contributed by atoms with Gasteiger partial charge in [-0.25, -0.2) is 9.97 Å². The van der Waals surface area contributed by atoms with Crippen molar-refractivity contribution in [3.63, 3.8) is 0 Å². The molecule has 0 saturated heterocycles. The highest BCUT2D eigenvalue weighted by molar-refractivity contribution is 6.00. The maximum absolute atomic E-state index is 5.27. The standard InChI is InChI=1S/C53H34N2/c1-3-16-35(17-4-1)37-20-13-22-39(32-37)50-34-49(36-18-5-2-6-19-36)54-52(55-50)40-23-14-21-38(33-40)41-27-15-31-48-51(41)44-26-9-12-30-47(44)53(48)45-28-10-7-24-42(45)43-25-8-11-29-46(43)53/h1-34H. The first-order chi connectivity index (χ1) is 27.3. The second kappa shape index (κ2) is 12.5. The third kappa shape index (κ3) is 4.82. The summed E-state index contributed by atoms with van der Waals surface area (Å²) in [6.45, 7) is 0. The van der Waals surface area contributed by atoms with Gasteiger partial charge in [-0.05, 0) is 85.0 Å². The molecule has 0 radical (unpaired) electrons. The van der Waals surface area contributed by atoms with E-state index in [0.29, 0.717) is 5.82 Å². The van der Waals surface area contributed by atoms with Gasteiger partial charge in [0.15, 0.2) is 5.82 Å². The van der Waals surface area contributed by atoms with E-state index in [1.54, 1.807) is 0 Å². The number of aromatic nitrogens is 2. The molecule has 2 nitrogen and oxygen atoms in total. The molecule has 0 unspecified atom stereocenters. The summed E-state index contributed by atoms with van der Waals surface area (Å²) in [7, 11) is 0. The van der Waals surface area contributed by atoms with Gasteiger partial charge in [-0.15, -0.1) is 0 Å². The number of hydrogen-bond acceptors (Lipinski definition) is 2. The summed E-state index contributed by atoms with van der Waals surface area (Å²) in [5.74, 6) is 0.700. The van der Waals surface area contributed by atoms with Crippen molar-refractivity contribution in [1.82, 2.24) is 9.97 Å². The highest BCUT2D eigenvalue weighted by Crippen LogP contribution is 2.63. The highest BCUT2D eigenvalue weighted by atomic mass is 14.9. The smallest absolute Gasteiger partial charge is 0.160 e. The van der Waals surface area contributed by atoms with Crippen LogP contribution in [0, 0.1) is 0 Å². The van der Waals surface area contributed by atoms with E-state index in [1.165, 1.54) is 55.6 Å². The second-order valence-electron chi connectivity index (χ2n) is 14.5. The molecule has 2 heteroatoms. The third-order valence-corrected chi connectivity index (χ3v) is 11.5. The van der Waals surface area contributed by atoms with Crippen molar-refractivity contribution in [1.29, 1.82) is 0 Å².